The minimum absolute atomic E-state index is 0.450. The maximum absolute atomic E-state index is 12.1. The summed E-state index contributed by atoms with van der Waals surface area (Å²) in [5.41, 5.74) is 4.61. The number of benzene rings is 1. The van der Waals surface area contributed by atoms with Crippen LogP contribution in [0, 0.1) is 6.92 Å². The van der Waals surface area contributed by atoms with Gasteiger partial charge >= 0.3 is 0 Å². The lowest BCUT2D eigenvalue weighted by Crippen LogP contribution is -2.52. The van der Waals surface area contributed by atoms with Gasteiger partial charge in [0.1, 0.15) is 17.1 Å². The van der Waals surface area contributed by atoms with Crippen LogP contribution in [0.4, 0.5) is 0 Å². The van der Waals surface area contributed by atoms with E-state index >= 15 is 0 Å². The van der Waals surface area contributed by atoms with E-state index in [0.717, 1.165) is 5.76 Å². The van der Waals surface area contributed by atoms with E-state index in [0.29, 0.717) is 16.3 Å². The van der Waals surface area contributed by atoms with E-state index in [-0.39, 0.29) is 0 Å². The van der Waals surface area contributed by atoms with Crippen molar-refractivity contribution in [2.75, 3.05) is 0 Å². The first kappa shape index (κ1) is 16.8. The van der Waals surface area contributed by atoms with Crippen LogP contribution in [0.1, 0.15) is 24.0 Å². The average Bonchev–Trinajstić information content (AvgIpc) is 2.90. The molecule has 0 bridgehead atoms. The summed E-state index contributed by atoms with van der Waals surface area (Å²) in [4.78, 5) is 24.0. The number of furan rings is 1. The van der Waals surface area contributed by atoms with Crippen LogP contribution < -0.4 is 11.1 Å². The van der Waals surface area contributed by atoms with Gasteiger partial charge < -0.3 is 15.5 Å². The molecule has 0 aliphatic carbocycles. The lowest BCUT2D eigenvalue weighted by molar-refractivity contribution is -0.129. The molecule has 23 heavy (non-hydrogen) atoms. The van der Waals surface area contributed by atoms with Crippen molar-refractivity contribution in [3.63, 3.8) is 0 Å². The first-order valence-electron chi connectivity index (χ1n) is 6.94. The fourth-order valence-electron chi connectivity index (χ4n) is 2.06. The van der Waals surface area contributed by atoms with Crippen molar-refractivity contribution >= 4 is 29.5 Å². The van der Waals surface area contributed by atoms with Crippen molar-refractivity contribution in [1.82, 2.24) is 5.32 Å². The normalized spacial score (nSPS) is 13.7. The van der Waals surface area contributed by atoms with E-state index in [1.807, 2.05) is 0 Å². The summed E-state index contributed by atoms with van der Waals surface area (Å²) in [5.74, 6) is 0.128. The number of nitrogens with one attached hydrogen (secondary N) is 1. The van der Waals surface area contributed by atoms with Gasteiger partial charge in [-0.1, -0.05) is 23.7 Å². The summed E-state index contributed by atoms with van der Waals surface area (Å²) in [7, 11) is 0. The number of hydrogen-bond acceptors (Lipinski definition) is 3. The Kier molecular flexibility index (Phi) is 4.91. The van der Waals surface area contributed by atoms with Crippen molar-refractivity contribution in [3.8, 4) is 0 Å². The highest BCUT2D eigenvalue weighted by atomic mass is 35.5. The van der Waals surface area contributed by atoms with Gasteiger partial charge in [-0.2, -0.15) is 0 Å². The molecular formula is C17H17ClN2O3. The molecule has 0 aliphatic heterocycles. The molecule has 2 amide bonds. The quantitative estimate of drug-likeness (QED) is 0.825. The van der Waals surface area contributed by atoms with Crippen LogP contribution in [0.15, 0.2) is 46.9 Å². The maximum atomic E-state index is 12.1. The van der Waals surface area contributed by atoms with Crippen molar-refractivity contribution in [1.29, 1.82) is 0 Å². The van der Waals surface area contributed by atoms with E-state index < -0.39 is 17.4 Å². The number of halogens is 1. The molecule has 0 spiro atoms. The van der Waals surface area contributed by atoms with E-state index in [1.165, 1.54) is 19.1 Å². The monoisotopic (exact) mass is 332 g/mol. The van der Waals surface area contributed by atoms with Crippen molar-refractivity contribution in [3.05, 3.63) is 64.6 Å². The second kappa shape index (κ2) is 6.71. The van der Waals surface area contributed by atoms with Crippen molar-refractivity contribution in [2.45, 2.75) is 19.4 Å². The number of carbonyl (C=O) groups is 2. The lowest BCUT2D eigenvalue weighted by Gasteiger charge is -2.27. The van der Waals surface area contributed by atoms with Gasteiger partial charge in [-0.15, -0.1) is 0 Å². The predicted octanol–water partition coefficient (Wildman–Crippen LogP) is 2.77. The number of carbonyl (C=O) groups excluding carboxylic acids is 2. The molecule has 0 radical (unpaired) electrons. The van der Waals surface area contributed by atoms with E-state index in [4.69, 9.17) is 21.8 Å². The van der Waals surface area contributed by atoms with E-state index in [2.05, 4.69) is 5.32 Å². The summed E-state index contributed by atoms with van der Waals surface area (Å²) in [6.07, 6.45) is 2.80. The third kappa shape index (κ3) is 4.02. The number of rotatable bonds is 5. The molecule has 6 heteroatoms. The molecule has 2 rings (SSSR count). The fourth-order valence-corrected chi connectivity index (χ4v) is 2.25. The third-order valence-electron chi connectivity index (χ3n) is 3.43. The SMILES string of the molecule is Cc1ccc(/C=C/C(=O)N[C@](C)(C(N)=O)c2cccc(Cl)c2)o1. The van der Waals surface area contributed by atoms with Gasteiger partial charge in [0, 0.05) is 11.1 Å². The molecule has 0 aliphatic rings. The summed E-state index contributed by atoms with van der Waals surface area (Å²) in [6.45, 7) is 3.34. The highest BCUT2D eigenvalue weighted by Crippen LogP contribution is 2.23. The van der Waals surface area contributed by atoms with Gasteiger partial charge in [0.15, 0.2) is 0 Å². The number of hydrogen-bond donors (Lipinski definition) is 2. The highest BCUT2D eigenvalue weighted by Gasteiger charge is 2.34. The Morgan fingerprint density at radius 2 is 2.04 bits per heavy atom. The Morgan fingerprint density at radius 3 is 2.61 bits per heavy atom. The minimum Gasteiger partial charge on any atom is -0.462 e. The first-order valence-corrected chi connectivity index (χ1v) is 7.31. The molecule has 0 saturated heterocycles. The molecule has 1 atom stereocenters. The molecule has 1 aromatic heterocycles. The van der Waals surface area contributed by atoms with Crippen LogP contribution in [0.25, 0.3) is 6.08 Å². The van der Waals surface area contributed by atoms with Crippen LogP contribution in [-0.4, -0.2) is 11.8 Å². The summed E-state index contributed by atoms with van der Waals surface area (Å²) in [6, 6.07) is 10.2. The first-order chi connectivity index (χ1) is 10.8. The Balaban J connectivity index is 2.20. The maximum Gasteiger partial charge on any atom is 0.247 e. The Bertz CT molecular complexity index is 767. The molecule has 3 N–H and O–H groups in total. The molecule has 0 unspecified atom stereocenters. The van der Waals surface area contributed by atoms with Crippen LogP contribution in [0.2, 0.25) is 5.02 Å². The zero-order valence-corrected chi connectivity index (χ0v) is 13.6. The zero-order chi connectivity index (χ0) is 17.0. The second-order valence-corrected chi connectivity index (χ2v) is 5.71. The number of nitrogens with two attached hydrogens (primary N) is 1. The average molecular weight is 333 g/mol. The van der Waals surface area contributed by atoms with Crippen molar-refractivity contribution < 1.29 is 14.0 Å². The molecule has 1 heterocycles. The van der Waals surface area contributed by atoms with Gasteiger partial charge in [-0.05, 0) is 49.8 Å². The van der Waals surface area contributed by atoms with Gasteiger partial charge in [0.05, 0.1) is 0 Å². The van der Waals surface area contributed by atoms with Gasteiger partial charge in [-0.25, -0.2) is 0 Å². The third-order valence-corrected chi connectivity index (χ3v) is 3.66. The van der Waals surface area contributed by atoms with Crippen molar-refractivity contribution in [2.24, 2.45) is 5.73 Å². The molecule has 1 aromatic carbocycles. The topological polar surface area (TPSA) is 85.3 Å². The van der Waals surface area contributed by atoms with Crippen LogP contribution in [0.5, 0.6) is 0 Å². The zero-order valence-electron chi connectivity index (χ0n) is 12.8. The number of amides is 2. The van der Waals surface area contributed by atoms with Crippen LogP contribution >= 0.6 is 11.6 Å². The number of aryl methyl sites for hydroxylation is 1. The predicted molar refractivity (Wildman–Crippen MR) is 88.6 cm³/mol. The Morgan fingerprint density at radius 1 is 1.30 bits per heavy atom. The largest absolute Gasteiger partial charge is 0.462 e. The summed E-state index contributed by atoms with van der Waals surface area (Å²) >= 11 is 5.94. The molecule has 2 aromatic rings. The van der Waals surface area contributed by atoms with Gasteiger partial charge in [-0.3, -0.25) is 9.59 Å². The minimum atomic E-state index is -1.37. The summed E-state index contributed by atoms with van der Waals surface area (Å²) in [5, 5.41) is 3.06. The highest BCUT2D eigenvalue weighted by molar-refractivity contribution is 6.30. The Labute approximate surface area is 139 Å². The van der Waals surface area contributed by atoms with Gasteiger partial charge in [0.25, 0.3) is 0 Å². The molecular weight excluding hydrogens is 316 g/mol. The Hall–Kier alpha value is -2.53. The molecule has 5 nitrogen and oxygen atoms in total. The summed E-state index contributed by atoms with van der Waals surface area (Å²) < 4.78 is 5.34. The molecule has 0 saturated carbocycles. The fraction of sp³-hybridized carbons (Fsp3) is 0.176. The standard InChI is InChI=1S/C17H17ClN2O3/c1-11-6-7-14(23-11)8-9-15(21)20-17(2,16(19)22)12-4-3-5-13(18)10-12/h3-10H,1-2H3,(H2,19,22)(H,20,21)/b9-8+/t17-/m0/s1. The number of primary amides is 1. The molecule has 0 fully saturated rings. The van der Waals surface area contributed by atoms with Crippen LogP contribution in [0.3, 0.4) is 0 Å². The van der Waals surface area contributed by atoms with E-state index in [1.54, 1.807) is 43.3 Å². The van der Waals surface area contributed by atoms with E-state index in [9.17, 15) is 9.59 Å². The smallest absolute Gasteiger partial charge is 0.247 e. The second-order valence-electron chi connectivity index (χ2n) is 5.27. The molecule has 120 valence electrons. The van der Waals surface area contributed by atoms with Gasteiger partial charge in [0.2, 0.25) is 11.8 Å². The van der Waals surface area contributed by atoms with Crippen LogP contribution in [-0.2, 0) is 15.1 Å². The lowest BCUT2D eigenvalue weighted by atomic mass is 9.91.